The Labute approximate surface area is 111 Å². The lowest BCUT2D eigenvalue weighted by Gasteiger charge is -2.26. The van der Waals surface area contributed by atoms with Crippen LogP contribution in [0.1, 0.15) is 24.6 Å². The zero-order valence-corrected chi connectivity index (χ0v) is 12.0. The number of thiophene rings is 1. The first kappa shape index (κ1) is 13.9. The van der Waals surface area contributed by atoms with Gasteiger partial charge < -0.3 is 5.73 Å². The van der Waals surface area contributed by atoms with Crippen LogP contribution in [0.25, 0.3) is 0 Å². The highest BCUT2D eigenvalue weighted by Gasteiger charge is 2.14. The van der Waals surface area contributed by atoms with Crippen molar-refractivity contribution >= 4 is 40.1 Å². The maximum absolute atomic E-state index is 5.90. The van der Waals surface area contributed by atoms with Crippen LogP contribution in [0.4, 0.5) is 0 Å². The Morgan fingerprint density at radius 2 is 2.31 bits per heavy atom. The Morgan fingerprint density at radius 1 is 1.62 bits per heavy atom. The Kier molecular flexibility index (Phi) is 5.69. The second kappa shape index (κ2) is 6.55. The third kappa shape index (κ3) is 4.37. The van der Waals surface area contributed by atoms with Gasteiger partial charge in [-0.25, -0.2) is 0 Å². The maximum atomic E-state index is 5.90. The van der Waals surface area contributed by atoms with Gasteiger partial charge in [-0.2, -0.15) is 0 Å². The zero-order valence-electron chi connectivity index (χ0n) is 9.57. The highest BCUT2D eigenvalue weighted by Crippen LogP contribution is 2.23. The molecule has 90 valence electrons. The van der Waals surface area contributed by atoms with Crippen molar-refractivity contribution in [2.24, 2.45) is 5.73 Å². The average molecular weight is 277 g/mol. The summed E-state index contributed by atoms with van der Waals surface area (Å²) in [7, 11) is 2.10. The van der Waals surface area contributed by atoms with Crippen LogP contribution in [-0.4, -0.2) is 23.0 Å². The molecule has 0 amide bonds. The fourth-order valence-corrected chi connectivity index (χ4v) is 3.00. The molecular formula is C11H17ClN2S2. The van der Waals surface area contributed by atoms with E-state index in [1.165, 1.54) is 4.88 Å². The summed E-state index contributed by atoms with van der Waals surface area (Å²) >= 11 is 12.5. The van der Waals surface area contributed by atoms with E-state index in [2.05, 4.69) is 24.9 Å². The van der Waals surface area contributed by atoms with Crippen molar-refractivity contribution in [3.63, 3.8) is 0 Å². The van der Waals surface area contributed by atoms with Gasteiger partial charge in [-0.05, 0) is 25.6 Å². The third-order valence-corrected chi connectivity index (χ3v) is 3.95. The Bertz CT molecular complexity index is 352. The van der Waals surface area contributed by atoms with E-state index in [-0.39, 0.29) is 0 Å². The van der Waals surface area contributed by atoms with E-state index in [9.17, 15) is 0 Å². The first-order valence-corrected chi connectivity index (χ1v) is 6.86. The summed E-state index contributed by atoms with van der Waals surface area (Å²) in [5, 5.41) is 0. The van der Waals surface area contributed by atoms with Crippen LogP contribution in [0.5, 0.6) is 0 Å². The van der Waals surface area contributed by atoms with Gasteiger partial charge in [-0.15, -0.1) is 11.3 Å². The van der Waals surface area contributed by atoms with Gasteiger partial charge in [0.15, 0.2) is 0 Å². The van der Waals surface area contributed by atoms with Crippen LogP contribution in [0.2, 0.25) is 4.34 Å². The van der Waals surface area contributed by atoms with Gasteiger partial charge in [0.2, 0.25) is 0 Å². The molecule has 0 aliphatic heterocycles. The van der Waals surface area contributed by atoms with Crippen LogP contribution in [0, 0.1) is 0 Å². The standard InChI is InChI=1S/C11H17ClN2S2/c1-3-8(6-11(13)15)14(2)7-9-4-5-10(12)16-9/h4-5,8H,3,6-7H2,1-2H3,(H2,13,15). The molecule has 0 bridgehead atoms. The van der Waals surface area contributed by atoms with Gasteiger partial charge in [0, 0.05) is 23.9 Å². The molecular weight excluding hydrogens is 260 g/mol. The average Bonchev–Trinajstić information content (AvgIpc) is 2.60. The molecule has 0 saturated heterocycles. The second-order valence-corrected chi connectivity index (χ2v) is 6.18. The van der Waals surface area contributed by atoms with Crippen molar-refractivity contribution in [2.45, 2.75) is 32.4 Å². The predicted octanol–water partition coefficient (Wildman–Crippen LogP) is 3.29. The molecule has 1 heterocycles. The molecule has 0 fully saturated rings. The number of hydrogen-bond acceptors (Lipinski definition) is 3. The quantitative estimate of drug-likeness (QED) is 0.809. The SMILES string of the molecule is CCC(CC(N)=S)N(C)Cc1ccc(Cl)s1. The van der Waals surface area contributed by atoms with Gasteiger partial charge >= 0.3 is 0 Å². The number of rotatable bonds is 6. The molecule has 0 aromatic carbocycles. The summed E-state index contributed by atoms with van der Waals surface area (Å²) in [6.45, 7) is 3.05. The third-order valence-electron chi connectivity index (χ3n) is 2.57. The fourth-order valence-electron chi connectivity index (χ4n) is 1.66. The zero-order chi connectivity index (χ0) is 12.1. The number of nitrogens with zero attached hydrogens (tertiary/aromatic N) is 1. The first-order chi connectivity index (χ1) is 7.52. The van der Waals surface area contributed by atoms with Gasteiger partial charge in [0.05, 0.1) is 9.32 Å². The van der Waals surface area contributed by atoms with Crippen LogP contribution in [0.15, 0.2) is 12.1 Å². The van der Waals surface area contributed by atoms with E-state index in [4.69, 9.17) is 29.6 Å². The molecule has 1 atom stereocenters. The summed E-state index contributed by atoms with van der Waals surface area (Å²) in [6.07, 6.45) is 1.83. The van der Waals surface area contributed by atoms with Gasteiger partial charge in [0.1, 0.15) is 0 Å². The lowest BCUT2D eigenvalue weighted by Crippen LogP contribution is -2.33. The Balaban J connectivity index is 2.55. The molecule has 1 unspecified atom stereocenters. The summed E-state index contributed by atoms with van der Waals surface area (Å²) < 4.78 is 0.839. The monoisotopic (exact) mass is 276 g/mol. The summed E-state index contributed by atoms with van der Waals surface area (Å²) in [5.74, 6) is 0. The Morgan fingerprint density at radius 3 is 2.75 bits per heavy atom. The van der Waals surface area contributed by atoms with Crippen molar-refractivity contribution in [2.75, 3.05) is 7.05 Å². The van der Waals surface area contributed by atoms with Crippen LogP contribution in [0.3, 0.4) is 0 Å². The minimum absolute atomic E-state index is 0.415. The number of hydrogen-bond donors (Lipinski definition) is 1. The topological polar surface area (TPSA) is 29.3 Å². The van der Waals surface area contributed by atoms with E-state index in [1.54, 1.807) is 11.3 Å². The lowest BCUT2D eigenvalue weighted by atomic mass is 10.1. The molecule has 0 aliphatic rings. The van der Waals surface area contributed by atoms with Crippen LogP contribution < -0.4 is 5.73 Å². The molecule has 16 heavy (non-hydrogen) atoms. The summed E-state index contributed by atoms with van der Waals surface area (Å²) in [4.78, 5) is 4.14. The molecule has 0 aliphatic carbocycles. The molecule has 1 aromatic rings. The molecule has 1 aromatic heterocycles. The van der Waals surface area contributed by atoms with Crippen LogP contribution >= 0.6 is 35.2 Å². The molecule has 0 spiro atoms. The summed E-state index contributed by atoms with van der Waals surface area (Å²) in [6, 6.07) is 4.42. The summed E-state index contributed by atoms with van der Waals surface area (Å²) in [5.41, 5.74) is 5.59. The van der Waals surface area contributed by atoms with Crippen molar-refractivity contribution < 1.29 is 0 Å². The van der Waals surface area contributed by atoms with E-state index in [0.29, 0.717) is 11.0 Å². The molecule has 5 heteroatoms. The van der Waals surface area contributed by atoms with E-state index in [1.807, 2.05) is 6.07 Å². The van der Waals surface area contributed by atoms with Gasteiger partial charge in [-0.3, -0.25) is 4.90 Å². The van der Waals surface area contributed by atoms with Gasteiger partial charge in [0.25, 0.3) is 0 Å². The molecule has 2 N–H and O–H groups in total. The smallest absolute Gasteiger partial charge is 0.0931 e. The minimum Gasteiger partial charge on any atom is -0.393 e. The van der Waals surface area contributed by atoms with Crippen LogP contribution in [-0.2, 0) is 6.54 Å². The molecule has 0 saturated carbocycles. The highest BCUT2D eigenvalue weighted by molar-refractivity contribution is 7.80. The first-order valence-electron chi connectivity index (χ1n) is 5.25. The molecule has 1 rings (SSSR count). The second-order valence-electron chi connectivity index (χ2n) is 3.85. The Hall–Kier alpha value is -0.160. The van der Waals surface area contributed by atoms with E-state index < -0.39 is 0 Å². The lowest BCUT2D eigenvalue weighted by molar-refractivity contribution is 0.235. The normalized spacial score (nSPS) is 13.0. The maximum Gasteiger partial charge on any atom is 0.0931 e. The minimum atomic E-state index is 0.415. The number of halogens is 1. The largest absolute Gasteiger partial charge is 0.393 e. The number of nitrogens with two attached hydrogens (primary N) is 1. The van der Waals surface area contributed by atoms with Crippen molar-refractivity contribution in [3.05, 3.63) is 21.3 Å². The molecule has 0 radical (unpaired) electrons. The van der Waals surface area contributed by atoms with E-state index >= 15 is 0 Å². The number of thiocarbonyl (C=S) groups is 1. The van der Waals surface area contributed by atoms with Crippen molar-refractivity contribution in [1.29, 1.82) is 0 Å². The predicted molar refractivity (Wildman–Crippen MR) is 76.3 cm³/mol. The van der Waals surface area contributed by atoms with Crippen molar-refractivity contribution in [3.8, 4) is 0 Å². The fraction of sp³-hybridized carbons (Fsp3) is 0.545. The van der Waals surface area contributed by atoms with Gasteiger partial charge in [-0.1, -0.05) is 30.7 Å². The highest BCUT2D eigenvalue weighted by atomic mass is 35.5. The van der Waals surface area contributed by atoms with E-state index in [0.717, 1.165) is 23.7 Å². The van der Waals surface area contributed by atoms with Crippen molar-refractivity contribution in [1.82, 2.24) is 4.90 Å². The molecule has 2 nitrogen and oxygen atoms in total.